The molecule has 0 bridgehead atoms. The average Bonchev–Trinajstić information content (AvgIpc) is 3.75. The van der Waals surface area contributed by atoms with Crippen LogP contribution in [0, 0.1) is 11.7 Å². The van der Waals surface area contributed by atoms with Crippen LogP contribution >= 0.6 is 0 Å². The lowest BCUT2D eigenvalue weighted by molar-refractivity contribution is -0.286. The maximum atomic E-state index is 15.3. The molecule has 2 aliphatic carbocycles. The van der Waals surface area contributed by atoms with Gasteiger partial charge in [-0.25, -0.2) is 4.39 Å². The minimum atomic E-state index is -3.75. The Labute approximate surface area is 210 Å². The van der Waals surface area contributed by atoms with Crippen molar-refractivity contribution in [3.05, 3.63) is 53.5 Å². The smallest absolute Gasteiger partial charge is 0.396 e. The van der Waals surface area contributed by atoms with Crippen LogP contribution in [-0.4, -0.2) is 40.2 Å². The van der Waals surface area contributed by atoms with E-state index in [0.717, 1.165) is 12.1 Å². The molecule has 6 rings (SSSR count). The molecule has 2 saturated carbocycles. The molecule has 2 fully saturated rings. The molecule has 2 aromatic carbocycles. The number of fused-ring (bicyclic) bond motifs is 2. The van der Waals surface area contributed by atoms with Gasteiger partial charge in [-0.1, -0.05) is 19.9 Å². The van der Waals surface area contributed by atoms with E-state index in [1.165, 1.54) is 18.2 Å². The molecule has 2 heterocycles. The van der Waals surface area contributed by atoms with Gasteiger partial charge in [-0.05, 0) is 49.1 Å². The number of ether oxygens (including phenoxy) is 2. The Morgan fingerprint density at radius 3 is 2.51 bits per heavy atom. The summed E-state index contributed by atoms with van der Waals surface area (Å²) >= 11 is 0. The number of aliphatic hydroxyl groups is 2. The SMILES string of the molecule is CC(C)(CO)c1cc2cc(NC(=O)C3(c4ccc5c(c4)OC(F)(F)O5)CC3)c(F)cc2n1C1C[C@H]1CO. The first-order valence-corrected chi connectivity index (χ1v) is 12.3. The van der Waals surface area contributed by atoms with Gasteiger partial charge in [0, 0.05) is 41.1 Å². The average molecular weight is 517 g/mol. The fourth-order valence-corrected chi connectivity index (χ4v) is 5.31. The summed E-state index contributed by atoms with van der Waals surface area (Å²) in [6.07, 6.45) is -2.03. The van der Waals surface area contributed by atoms with Crippen LogP contribution in [0.15, 0.2) is 36.4 Å². The molecule has 1 aromatic heterocycles. The molecule has 10 heteroatoms. The number of alkyl halides is 2. The standard InChI is InChI=1S/C27H27F3N2O5/c1-25(2,13-34)23-9-14-7-18(17(28)11-20(14)32(23)19-8-15(19)12-33)31-24(35)26(5-6-26)16-3-4-21-22(10-16)37-27(29,30)36-21/h3-4,7,9-11,15,19,33-34H,5-6,8,12-13H2,1-2H3,(H,31,35)/t15-,19?/m0/s1. The van der Waals surface area contributed by atoms with Gasteiger partial charge in [-0.2, -0.15) is 0 Å². The Bertz CT molecular complexity index is 1430. The third-order valence-corrected chi connectivity index (χ3v) is 7.85. The van der Waals surface area contributed by atoms with Crippen molar-refractivity contribution in [2.24, 2.45) is 5.92 Å². The van der Waals surface area contributed by atoms with E-state index < -0.39 is 28.8 Å². The number of carbonyl (C=O) groups excluding carboxylic acids is 1. The number of amides is 1. The van der Waals surface area contributed by atoms with Crippen LogP contribution in [-0.2, 0) is 15.6 Å². The molecule has 2 atom stereocenters. The van der Waals surface area contributed by atoms with Gasteiger partial charge in [0.2, 0.25) is 5.91 Å². The largest absolute Gasteiger partial charge is 0.586 e. The van der Waals surface area contributed by atoms with Gasteiger partial charge in [-0.3, -0.25) is 4.79 Å². The summed E-state index contributed by atoms with van der Waals surface area (Å²) < 4.78 is 53.2. The number of carbonyl (C=O) groups is 1. The lowest BCUT2D eigenvalue weighted by Crippen LogP contribution is -2.28. The second-order valence-corrected chi connectivity index (χ2v) is 10.9. The summed E-state index contributed by atoms with van der Waals surface area (Å²) in [5, 5.41) is 23.0. The van der Waals surface area contributed by atoms with E-state index >= 15 is 4.39 Å². The maximum Gasteiger partial charge on any atom is 0.586 e. The third-order valence-electron chi connectivity index (χ3n) is 7.85. The summed E-state index contributed by atoms with van der Waals surface area (Å²) in [5.41, 5.74) is 0.381. The topological polar surface area (TPSA) is 93.0 Å². The van der Waals surface area contributed by atoms with Crippen molar-refractivity contribution in [2.45, 2.75) is 56.3 Å². The first-order valence-electron chi connectivity index (χ1n) is 12.3. The van der Waals surface area contributed by atoms with Gasteiger partial charge in [0.05, 0.1) is 23.2 Å². The molecular weight excluding hydrogens is 489 g/mol. The highest BCUT2D eigenvalue weighted by molar-refractivity contribution is 6.03. The molecule has 0 saturated heterocycles. The van der Waals surface area contributed by atoms with E-state index in [9.17, 15) is 23.8 Å². The van der Waals surface area contributed by atoms with E-state index in [4.69, 9.17) is 0 Å². The Kier molecular flexibility index (Phi) is 5.14. The molecule has 3 aromatic rings. The normalized spacial score (nSPS) is 22.8. The van der Waals surface area contributed by atoms with Gasteiger partial charge >= 0.3 is 6.29 Å². The summed E-state index contributed by atoms with van der Waals surface area (Å²) in [7, 11) is 0. The van der Waals surface area contributed by atoms with Gasteiger partial charge in [0.15, 0.2) is 11.5 Å². The van der Waals surface area contributed by atoms with Crippen LogP contribution in [0.1, 0.15) is 50.4 Å². The van der Waals surface area contributed by atoms with E-state index in [-0.39, 0.29) is 42.4 Å². The van der Waals surface area contributed by atoms with Crippen molar-refractivity contribution in [1.29, 1.82) is 0 Å². The molecule has 3 N–H and O–H groups in total. The molecule has 1 aliphatic heterocycles. The molecular formula is C27H27F3N2O5. The number of anilines is 1. The van der Waals surface area contributed by atoms with Crippen molar-refractivity contribution >= 4 is 22.5 Å². The van der Waals surface area contributed by atoms with Gasteiger partial charge in [-0.15, -0.1) is 8.78 Å². The highest BCUT2D eigenvalue weighted by atomic mass is 19.3. The fraction of sp³-hybridized carbons (Fsp3) is 0.444. The predicted molar refractivity (Wildman–Crippen MR) is 128 cm³/mol. The summed E-state index contributed by atoms with van der Waals surface area (Å²) in [6, 6.07) is 9.11. The van der Waals surface area contributed by atoms with Crippen LogP contribution in [0.4, 0.5) is 18.9 Å². The number of nitrogens with one attached hydrogen (secondary N) is 1. The monoisotopic (exact) mass is 516 g/mol. The minimum Gasteiger partial charge on any atom is -0.396 e. The first-order chi connectivity index (χ1) is 17.5. The quantitative estimate of drug-likeness (QED) is 0.427. The van der Waals surface area contributed by atoms with Gasteiger partial charge in [0.25, 0.3) is 0 Å². The predicted octanol–water partition coefficient (Wildman–Crippen LogP) is 4.60. The van der Waals surface area contributed by atoms with E-state index in [2.05, 4.69) is 14.8 Å². The highest BCUT2D eigenvalue weighted by Crippen LogP contribution is 2.53. The van der Waals surface area contributed by atoms with E-state index in [1.54, 1.807) is 12.1 Å². The second-order valence-electron chi connectivity index (χ2n) is 10.9. The number of benzene rings is 2. The number of nitrogens with zero attached hydrogens (tertiary/aromatic N) is 1. The zero-order chi connectivity index (χ0) is 26.3. The number of aliphatic hydroxyl groups excluding tert-OH is 2. The third kappa shape index (κ3) is 3.85. The summed E-state index contributed by atoms with van der Waals surface area (Å²) in [6.45, 7) is 3.70. The van der Waals surface area contributed by atoms with Crippen LogP contribution in [0.3, 0.4) is 0 Å². The van der Waals surface area contributed by atoms with Crippen molar-refractivity contribution < 1.29 is 37.7 Å². The number of halogens is 3. The van der Waals surface area contributed by atoms with Crippen molar-refractivity contribution in [1.82, 2.24) is 4.57 Å². The van der Waals surface area contributed by atoms with Gasteiger partial charge < -0.3 is 29.6 Å². The minimum absolute atomic E-state index is 0.0102. The lowest BCUT2D eigenvalue weighted by atomic mass is 9.90. The molecule has 0 spiro atoms. The Morgan fingerprint density at radius 1 is 1.14 bits per heavy atom. The molecule has 196 valence electrons. The van der Waals surface area contributed by atoms with Crippen LogP contribution in [0.5, 0.6) is 11.5 Å². The number of rotatable bonds is 7. The van der Waals surface area contributed by atoms with Crippen LogP contribution in [0.2, 0.25) is 0 Å². The Morgan fingerprint density at radius 2 is 1.86 bits per heavy atom. The fourth-order valence-electron chi connectivity index (χ4n) is 5.31. The highest BCUT2D eigenvalue weighted by Gasteiger charge is 2.53. The number of aromatic nitrogens is 1. The first kappa shape index (κ1) is 24.1. The molecule has 1 amide bonds. The Balaban J connectivity index is 1.32. The van der Waals surface area contributed by atoms with Crippen molar-refractivity contribution in [2.75, 3.05) is 18.5 Å². The van der Waals surface area contributed by atoms with Crippen molar-refractivity contribution in [3.63, 3.8) is 0 Å². The number of hydrogen-bond acceptors (Lipinski definition) is 5. The summed E-state index contributed by atoms with van der Waals surface area (Å²) in [5.74, 6) is -1.23. The summed E-state index contributed by atoms with van der Waals surface area (Å²) in [4.78, 5) is 13.3. The van der Waals surface area contributed by atoms with E-state index in [0.29, 0.717) is 29.3 Å². The Hall–Kier alpha value is -3.24. The van der Waals surface area contributed by atoms with Crippen LogP contribution in [0.25, 0.3) is 10.9 Å². The zero-order valence-corrected chi connectivity index (χ0v) is 20.4. The molecule has 0 radical (unpaired) electrons. The number of hydrogen-bond donors (Lipinski definition) is 3. The second kappa shape index (κ2) is 7.88. The zero-order valence-electron chi connectivity index (χ0n) is 20.4. The van der Waals surface area contributed by atoms with Crippen molar-refractivity contribution in [3.8, 4) is 11.5 Å². The van der Waals surface area contributed by atoms with E-state index in [1.807, 2.05) is 24.5 Å². The molecule has 7 nitrogen and oxygen atoms in total. The van der Waals surface area contributed by atoms with Gasteiger partial charge in [0.1, 0.15) is 5.82 Å². The molecule has 3 aliphatic rings. The molecule has 1 unspecified atom stereocenters. The lowest BCUT2D eigenvalue weighted by Gasteiger charge is -2.25. The van der Waals surface area contributed by atoms with Crippen LogP contribution < -0.4 is 14.8 Å². The maximum absolute atomic E-state index is 15.3. The molecule has 37 heavy (non-hydrogen) atoms.